The largest absolute Gasteiger partial charge is 0.478 e. The number of likely N-dealkylation sites (N-methyl/N-ethyl adjacent to an activating group) is 1. The number of aromatic carboxylic acids is 1. The first-order chi connectivity index (χ1) is 9.88. The SMILES string of the molecule is CN1CCC(NC(=O)Nc2ccc(F)c(C(=O)O)c2)C1=O. The van der Waals surface area contributed by atoms with Gasteiger partial charge in [-0.2, -0.15) is 0 Å². The van der Waals surface area contributed by atoms with Gasteiger partial charge in [-0.25, -0.2) is 14.0 Å². The first-order valence-electron chi connectivity index (χ1n) is 6.24. The Morgan fingerprint density at radius 3 is 2.71 bits per heavy atom. The monoisotopic (exact) mass is 295 g/mol. The van der Waals surface area contributed by atoms with E-state index in [-0.39, 0.29) is 11.6 Å². The Morgan fingerprint density at radius 2 is 2.14 bits per heavy atom. The van der Waals surface area contributed by atoms with E-state index in [4.69, 9.17) is 5.11 Å². The van der Waals surface area contributed by atoms with Crippen molar-refractivity contribution in [3.05, 3.63) is 29.6 Å². The molecule has 3 amide bonds. The highest BCUT2D eigenvalue weighted by Gasteiger charge is 2.30. The predicted molar refractivity (Wildman–Crippen MR) is 71.6 cm³/mol. The van der Waals surface area contributed by atoms with Crippen molar-refractivity contribution in [1.29, 1.82) is 0 Å². The zero-order valence-corrected chi connectivity index (χ0v) is 11.2. The predicted octanol–water partition coefficient (Wildman–Crippen LogP) is 0.876. The maximum absolute atomic E-state index is 13.2. The van der Waals surface area contributed by atoms with Crippen molar-refractivity contribution in [2.45, 2.75) is 12.5 Å². The van der Waals surface area contributed by atoms with Crippen LogP contribution < -0.4 is 10.6 Å². The summed E-state index contributed by atoms with van der Waals surface area (Å²) in [5, 5.41) is 13.7. The average molecular weight is 295 g/mol. The number of hydrogen-bond donors (Lipinski definition) is 3. The Kier molecular flexibility index (Phi) is 4.06. The molecule has 1 atom stereocenters. The van der Waals surface area contributed by atoms with Crippen LogP contribution in [0.5, 0.6) is 0 Å². The summed E-state index contributed by atoms with van der Waals surface area (Å²) in [7, 11) is 1.64. The van der Waals surface area contributed by atoms with Gasteiger partial charge in [0.15, 0.2) is 0 Å². The number of rotatable bonds is 3. The fourth-order valence-electron chi connectivity index (χ4n) is 2.05. The Hall–Kier alpha value is -2.64. The number of anilines is 1. The highest BCUT2D eigenvalue weighted by Crippen LogP contribution is 2.15. The van der Waals surface area contributed by atoms with Crippen LogP contribution in [0.15, 0.2) is 18.2 Å². The highest BCUT2D eigenvalue weighted by molar-refractivity contribution is 5.96. The Morgan fingerprint density at radius 1 is 1.43 bits per heavy atom. The minimum atomic E-state index is -1.43. The summed E-state index contributed by atoms with van der Waals surface area (Å²) in [6.07, 6.45) is 0.506. The van der Waals surface area contributed by atoms with E-state index in [1.807, 2.05) is 0 Å². The lowest BCUT2D eigenvalue weighted by molar-refractivity contribution is -0.128. The fraction of sp³-hybridized carbons (Fsp3) is 0.308. The van der Waals surface area contributed by atoms with Crippen molar-refractivity contribution in [3.63, 3.8) is 0 Å². The molecule has 2 rings (SSSR count). The molecule has 8 heteroatoms. The molecule has 21 heavy (non-hydrogen) atoms. The van der Waals surface area contributed by atoms with Crippen LogP contribution in [0.3, 0.4) is 0 Å². The molecule has 7 nitrogen and oxygen atoms in total. The smallest absolute Gasteiger partial charge is 0.338 e. The molecule has 0 aliphatic carbocycles. The van der Waals surface area contributed by atoms with Gasteiger partial charge in [0.05, 0.1) is 5.56 Å². The number of likely N-dealkylation sites (tertiary alicyclic amines) is 1. The normalized spacial score (nSPS) is 17.7. The Balaban J connectivity index is 2.02. The summed E-state index contributed by atoms with van der Waals surface area (Å²) in [5.41, 5.74) is -0.408. The number of carbonyl (C=O) groups is 3. The van der Waals surface area contributed by atoms with Crippen molar-refractivity contribution >= 4 is 23.6 Å². The second kappa shape index (κ2) is 5.78. The van der Waals surface area contributed by atoms with Crippen LogP contribution in [0.2, 0.25) is 0 Å². The molecule has 0 aromatic heterocycles. The minimum Gasteiger partial charge on any atom is -0.478 e. The third kappa shape index (κ3) is 3.28. The summed E-state index contributed by atoms with van der Waals surface area (Å²) in [6, 6.07) is 1.96. The van der Waals surface area contributed by atoms with Gasteiger partial charge >= 0.3 is 12.0 Å². The van der Waals surface area contributed by atoms with Gasteiger partial charge in [0, 0.05) is 19.3 Å². The minimum absolute atomic E-state index is 0.130. The third-order valence-electron chi connectivity index (χ3n) is 3.19. The Bertz CT molecular complexity index is 605. The van der Waals surface area contributed by atoms with Gasteiger partial charge in [0.2, 0.25) is 5.91 Å². The molecule has 3 N–H and O–H groups in total. The molecular formula is C13H14FN3O4. The lowest BCUT2D eigenvalue weighted by Gasteiger charge is -2.13. The number of carbonyl (C=O) groups excluding carboxylic acids is 2. The average Bonchev–Trinajstić information content (AvgIpc) is 2.72. The van der Waals surface area contributed by atoms with E-state index in [1.165, 1.54) is 11.0 Å². The number of nitrogens with one attached hydrogen (secondary N) is 2. The number of benzene rings is 1. The van der Waals surface area contributed by atoms with Gasteiger partial charge < -0.3 is 20.6 Å². The molecule has 1 fully saturated rings. The molecule has 1 aromatic rings. The van der Waals surface area contributed by atoms with E-state index < -0.39 is 29.4 Å². The van der Waals surface area contributed by atoms with E-state index in [0.717, 1.165) is 12.1 Å². The second-order valence-corrected chi connectivity index (χ2v) is 4.70. The highest BCUT2D eigenvalue weighted by atomic mass is 19.1. The van der Waals surface area contributed by atoms with Crippen LogP contribution >= 0.6 is 0 Å². The number of nitrogens with zero attached hydrogens (tertiary/aromatic N) is 1. The van der Waals surface area contributed by atoms with Crippen molar-refractivity contribution in [2.24, 2.45) is 0 Å². The number of urea groups is 1. The zero-order chi connectivity index (χ0) is 15.6. The summed E-state index contributed by atoms with van der Waals surface area (Å²) in [6.45, 7) is 0.559. The van der Waals surface area contributed by atoms with Crippen molar-refractivity contribution in [1.82, 2.24) is 10.2 Å². The van der Waals surface area contributed by atoms with Gasteiger partial charge in [-0.15, -0.1) is 0 Å². The number of carboxylic acid groups (broad SMARTS) is 1. The van der Waals surface area contributed by atoms with E-state index >= 15 is 0 Å². The standard InChI is InChI=1S/C13H14FN3O4/c1-17-5-4-10(11(17)18)16-13(21)15-7-2-3-9(14)8(6-7)12(19)20/h2-3,6,10H,4-5H2,1H3,(H,19,20)(H2,15,16,21). The van der Waals surface area contributed by atoms with Crippen molar-refractivity contribution < 1.29 is 23.9 Å². The maximum Gasteiger partial charge on any atom is 0.338 e. The number of hydrogen-bond acceptors (Lipinski definition) is 3. The second-order valence-electron chi connectivity index (χ2n) is 4.70. The molecule has 1 aliphatic rings. The lowest BCUT2D eigenvalue weighted by Crippen LogP contribution is -2.42. The van der Waals surface area contributed by atoms with Crippen LogP contribution in [0.4, 0.5) is 14.9 Å². The van der Waals surface area contributed by atoms with Crippen LogP contribution in [-0.2, 0) is 4.79 Å². The topological polar surface area (TPSA) is 98.7 Å². The van der Waals surface area contributed by atoms with Crippen molar-refractivity contribution in [2.75, 3.05) is 18.9 Å². The number of amides is 3. The molecule has 0 saturated carbocycles. The van der Waals surface area contributed by atoms with E-state index in [9.17, 15) is 18.8 Å². The van der Waals surface area contributed by atoms with Crippen molar-refractivity contribution in [3.8, 4) is 0 Å². The first-order valence-corrected chi connectivity index (χ1v) is 6.24. The molecule has 0 spiro atoms. The van der Waals surface area contributed by atoms with Gasteiger partial charge in [-0.3, -0.25) is 4.79 Å². The first kappa shape index (κ1) is 14.8. The van der Waals surface area contributed by atoms with Gasteiger partial charge in [-0.05, 0) is 24.6 Å². The molecule has 1 aliphatic heterocycles. The molecule has 1 aromatic carbocycles. The molecule has 0 radical (unpaired) electrons. The van der Waals surface area contributed by atoms with Crippen LogP contribution in [0.25, 0.3) is 0 Å². The van der Waals surface area contributed by atoms with E-state index in [2.05, 4.69) is 10.6 Å². The van der Waals surface area contributed by atoms with Gasteiger partial charge in [-0.1, -0.05) is 0 Å². The summed E-state index contributed by atoms with van der Waals surface area (Å²) in [4.78, 5) is 35.7. The number of carboxylic acids is 1. The van der Waals surface area contributed by atoms with Gasteiger partial charge in [0.1, 0.15) is 11.9 Å². The molecule has 0 bridgehead atoms. The zero-order valence-electron chi connectivity index (χ0n) is 11.2. The molecule has 1 heterocycles. The van der Waals surface area contributed by atoms with E-state index in [0.29, 0.717) is 13.0 Å². The quantitative estimate of drug-likeness (QED) is 0.770. The molecule has 1 unspecified atom stereocenters. The summed E-state index contributed by atoms with van der Waals surface area (Å²) in [5.74, 6) is -2.50. The fourth-order valence-corrected chi connectivity index (χ4v) is 2.05. The molecular weight excluding hydrogens is 281 g/mol. The van der Waals surface area contributed by atoms with E-state index in [1.54, 1.807) is 7.05 Å². The van der Waals surface area contributed by atoms with Crippen LogP contribution in [-0.4, -0.2) is 47.5 Å². The lowest BCUT2D eigenvalue weighted by atomic mass is 10.2. The third-order valence-corrected chi connectivity index (χ3v) is 3.19. The molecule has 1 saturated heterocycles. The summed E-state index contributed by atoms with van der Waals surface area (Å²) < 4.78 is 13.2. The van der Waals surface area contributed by atoms with Crippen LogP contribution in [0, 0.1) is 5.82 Å². The van der Waals surface area contributed by atoms with Crippen LogP contribution in [0.1, 0.15) is 16.8 Å². The Labute approximate surface area is 119 Å². The molecule has 112 valence electrons. The summed E-state index contributed by atoms with van der Waals surface area (Å²) >= 11 is 0. The maximum atomic E-state index is 13.2. The van der Waals surface area contributed by atoms with Gasteiger partial charge in [0.25, 0.3) is 0 Å². The number of halogens is 1.